The van der Waals surface area contributed by atoms with E-state index < -0.39 is 21.3 Å². The molecule has 0 fully saturated rings. The summed E-state index contributed by atoms with van der Waals surface area (Å²) in [5.41, 5.74) is 1.38. The number of carbonyl (C=O) groups excluding carboxylic acids is 1. The summed E-state index contributed by atoms with van der Waals surface area (Å²) in [6.45, 7) is 5.50. The van der Waals surface area contributed by atoms with Crippen molar-refractivity contribution in [3.05, 3.63) is 58.1 Å². The first-order valence-electron chi connectivity index (χ1n) is 7.84. The summed E-state index contributed by atoms with van der Waals surface area (Å²) >= 11 is 17.4. The second-order valence-electron chi connectivity index (χ2n) is 6.10. The van der Waals surface area contributed by atoms with Crippen molar-refractivity contribution in [3.8, 4) is 0 Å². The van der Waals surface area contributed by atoms with Gasteiger partial charge in [0.1, 0.15) is 6.04 Å². The summed E-state index contributed by atoms with van der Waals surface area (Å²) in [5, 5.41) is -0.450. The number of halogens is 3. The average Bonchev–Trinajstić information content (AvgIpc) is 2.57. The number of benzene rings is 2. The van der Waals surface area contributed by atoms with E-state index in [0.29, 0.717) is 5.69 Å². The molecule has 4 nitrogen and oxygen atoms in total. The van der Waals surface area contributed by atoms with Gasteiger partial charge in [-0.1, -0.05) is 49.2 Å². The SMILES string of the molecule is CC(C)c1ccc(N(C(C)C(=O)Cl)S(=O)(=O)c2ccc(Cl)c(Cl)c2)cc1. The van der Waals surface area contributed by atoms with E-state index in [4.69, 9.17) is 34.8 Å². The molecule has 2 rings (SSSR count). The van der Waals surface area contributed by atoms with Gasteiger partial charge < -0.3 is 0 Å². The lowest BCUT2D eigenvalue weighted by Gasteiger charge is -2.28. The lowest BCUT2D eigenvalue weighted by Crippen LogP contribution is -2.42. The summed E-state index contributed by atoms with van der Waals surface area (Å²) in [5.74, 6) is 0.288. The Balaban J connectivity index is 2.60. The van der Waals surface area contributed by atoms with Gasteiger partial charge in [0.05, 0.1) is 20.6 Å². The Labute approximate surface area is 168 Å². The molecule has 1 unspecified atom stereocenters. The maximum atomic E-state index is 13.2. The van der Waals surface area contributed by atoms with Gasteiger partial charge in [0.2, 0.25) is 5.24 Å². The molecule has 0 aliphatic carbocycles. The van der Waals surface area contributed by atoms with Crippen LogP contribution >= 0.6 is 34.8 Å². The van der Waals surface area contributed by atoms with Crippen LogP contribution < -0.4 is 4.31 Å². The fourth-order valence-electron chi connectivity index (χ4n) is 2.42. The molecule has 0 radical (unpaired) electrons. The predicted octanol–water partition coefficient (Wildman–Crippen LogP) is 5.47. The normalized spacial score (nSPS) is 12.9. The molecule has 0 amide bonds. The van der Waals surface area contributed by atoms with Crippen LogP contribution in [-0.2, 0) is 14.8 Å². The Morgan fingerprint density at radius 1 is 0.962 bits per heavy atom. The highest BCUT2D eigenvalue weighted by molar-refractivity contribution is 7.93. The van der Waals surface area contributed by atoms with Gasteiger partial charge in [0.15, 0.2) is 0 Å². The molecule has 0 saturated heterocycles. The molecule has 0 heterocycles. The van der Waals surface area contributed by atoms with E-state index in [2.05, 4.69) is 0 Å². The maximum absolute atomic E-state index is 13.2. The Hall–Kier alpha value is -1.27. The smallest absolute Gasteiger partial charge is 0.265 e. The maximum Gasteiger partial charge on any atom is 0.265 e. The van der Waals surface area contributed by atoms with Crippen molar-refractivity contribution >= 4 is 55.8 Å². The molecule has 2 aromatic rings. The van der Waals surface area contributed by atoms with Crippen molar-refractivity contribution in [3.63, 3.8) is 0 Å². The summed E-state index contributed by atoms with van der Waals surface area (Å²) in [4.78, 5) is 11.7. The Morgan fingerprint density at radius 3 is 2.00 bits per heavy atom. The highest BCUT2D eigenvalue weighted by Crippen LogP contribution is 2.31. The van der Waals surface area contributed by atoms with Crippen LogP contribution in [0.1, 0.15) is 32.3 Å². The van der Waals surface area contributed by atoms with Crippen molar-refractivity contribution in [1.82, 2.24) is 0 Å². The second kappa shape index (κ2) is 8.17. The van der Waals surface area contributed by atoms with Crippen LogP contribution in [0.4, 0.5) is 5.69 Å². The highest BCUT2D eigenvalue weighted by atomic mass is 35.5. The second-order valence-corrected chi connectivity index (χ2v) is 9.10. The molecule has 0 aliphatic heterocycles. The lowest BCUT2D eigenvalue weighted by atomic mass is 10.0. The van der Waals surface area contributed by atoms with Gasteiger partial charge in [-0.3, -0.25) is 9.10 Å². The summed E-state index contributed by atoms with van der Waals surface area (Å²) in [6, 6.07) is 9.84. The van der Waals surface area contributed by atoms with Crippen LogP contribution in [0, 0.1) is 0 Å². The minimum Gasteiger partial charge on any atom is -0.279 e. The number of anilines is 1. The van der Waals surface area contributed by atoms with Crippen LogP contribution in [0.2, 0.25) is 10.0 Å². The molecular formula is C18H18Cl3NO3S. The van der Waals surface area contributed by atoms with Crippen LogP contribution in [0.3, 0.4) is 0 Å². The van der Waals surface area contributed by atoms with Crippen LogP contribution in [-0.4, -0.2) is 19.7 Å². The van der Waals surface area contributed by atoms with E-state index in [0.717, 1.165) is 9.87 Å². The molecule has 0 spiro atoms. The third-order valence-corrected chi connectivity index (χ3v) is 6.89. The minimum absolute atomic E-state index is 0.0791. The third-order valence-electron chi connectivity index (χ3n) is 3.94. The number of hydrogen-bond acceptors (Lipinski definition) is 3. The van der Waals surface area contributed by atoms with Crippen molar-refractivity contribution < 1.29 is 13.2 Å². The largest absolute Gasteiger partial charge is 0.279 e. The monoisotopic (exact) mass is 433 g/mol. The molecule has 2 aromatic carbocycles. The van der Waals surface area contributed by atoms with Gasteiger partial charge in [-0.05, 0) is 60.3 Å². The molecule has 0 saturated carbocycles. The molecule has 0 N–H and O–H groups in total. The summed E-state index contributed by atoms with van der Waals surface area (Å²) in [6.07, 6.45) is 0. The molecule has 140 valence electrons. The lowest BCUT2D eigenvalue weighted by molar-refractivity contribution is -0.112. The van der Waals surface area contributed by atoms with E-state index in [1.165, 1.54) is 25.1 Å². The van der Waals surface area contributed by atoms with Crippen molar-refractivity contribution in [2.45, 2.75) is 37.6 Å². The van der Waals surface area contributed by atoms with E-state index in [1.807, 2.05) is 26.0 Å². The van der Waals surface area contributed by atoms with Crippen LogP contribution in [0.15, 0.2) is 47.4 Å². The molecule has 26 heavy (non-hydrogen) atoms. The fourth-order valence-corrected chi connectivity index (χ4v) is 4.58. The standard InChI is InChI=1S/C18H18Cl3NO3S/c1-11(2)13-4-6-14(7-5-13)22(12(3)18(21)23)26(24,25)15-8-9-16(19)17(20)10-15/h4-12H,1-3H3. The fraction of sp³-hybridized carbons (Fsp3) is 0.278. The van der Waals surface area contributed by atoms with E-state index >= 15 is 0 Å². The van der Waals surface area contributed by atoms with Crippen molar-refractivity contribution in [2.75, 3.05) is 4.31 Å². The zero-order valence-corrected chi connectivity index (χ0v) is 17.5. The zero-order valence-electron chi connectivity index (χ0n) is 14.4. The van der Waals surface area contributed by atoms with Gasteiger partial charge in [-0.15, -0.1) is 0 Å². The molecular weight excluding hydrogens is 417 g/mol. The summed E-state index contributed by atoms with van der Waals surface area (Å²) < 4.78 is 27.3. The van der Waals surface area contributed by atoms with Crippen molar-refractivity contribution in [1.29, 1.82) is 0 Å². The third kappa shape index (κ3) is 4.34. The molecule has 8 heteroatoms. The van der Waals surface area contributed by atoms with Gasteiger partial charge in [-0.25, -0.2) is 8.42 Å². The number of sulfonamides is 1. The number of carbonyl (C=O) groups is 1. The minimum atomic E-state index is -4.09. The number of nitrogens with zero attached hydrogens (tertiary/aromatic N) is 1. The van der Waals surface area contributed by atoms with E-state index in [-0.39, 0.29) is 20.9 Å². The van der Waals surface area contributed by atoms with Gasteiger partial charge >= 0.3 is 0 Å². The first-order valence-corrected chi connectivity index (χ1v) is 10.4. The number of rotatable bonds is 6. The van der Waals surface area contributed by atoms with Crippen molar-refractivity contribution in [2.24, 2.45) is 0 Å². The van der Waals surface area contributed by atoms with Gasteiger partial charge in [0, 0.05) is 0 Å². The van der Waals surface area contributed by atoms with E-state index in [9.17, 15) is 13.2 Å². The first-order chi connectivity index (χ1) is 12.1. The Kier molecular flexibility index (Phi) is 6.61. The Bertz CT molecular complexity index is 912. The van der Waals surface area contributed by atoms with Crippen LogP contribution in [0.25, 0.3) is 0 Å². The topological polar surface area (TPSA) is 54.5 Å². The molecule has 0 aromatic heterocycles. The predicted molar refractivity (Wildman–Crippen MR) is 107 cm³/mol. The van der Waals surface area contributed by atoms with Crippen LogP contribution in [0.5, 0.6) is 0 Å². The zero-order chi connectivity index (χ0) is 19.6. The quantitative estimate of drug-likeness (QED) is 0.567. The molecule has 0 bridgehead atoms. The molecule has 1 atom stereocenters. The first kappa shape index (κ1) is 21.0. The molecule has 0 aliphatic rings. The average molecular weight is 435 g/mol. The summed E-state index contributed by atoms with van der Waals surface area (Å²) in [7, 11) is -4.09. The number of hydrogen-bond donors (Lipinski definition) is 0. The highest BCUT2D eigenvalue weighted by Gasteiger charge is 2.33. The van der Waals surface area contributed by atoms with Gasteiger partial charge in [-0.2, -0.15) is 0 Å². The Morgan fingerprint density at radius 2 is 1.54 bits per heavy atom. The van der Waals surface area contributed by atoms with Gasteiger partial charge in [0.25, 0.3) is 10.0 Å². The van der Waals surface area contributed by atoms with E-state index in [1.54, 1.807) is 12.1 Å².